The maximum Gasteiger partial charge on any atom is 0.393 e. The van der Waals surface area contributed by atoms with Gasteiger partial charge in [-0.2, -0.15) is 13.2 Å². The molecule has 1 aliphatic carbocycles. The summed E-state index contributed by atoms with van der Waals surface area (Å²) in [5, 5.41) is 3.11. The van der Waals surface area contributed by atoms with Gasteiger partial charge in [0.2, 0.25) is 0 Å². The minimum absolute atomic E-state index is 0.251. The van der Waals surface area contributed by atoms with E-state index in [-0.39, 0.29) is 6.42 Å². The van der Waals surface area contributed by atoms with Crippen molar-refractivity contribution in [3.63, 3.8) is 0 Å². The Morgan fingerprint density at radius 1 is 1.10 bits per heavy atom. The van der Waals surface area contributed by atoms with Crippen molar-refractivity contribution in [3.05, 3.63) is 29.8 Å². The van der Waals surface area contributed by atoms with Crippen LogP contribution >= 0.6 is 0 Å². The third-order valence-corrected chi connectivity index (χ3v) is 4.21. The summed E-state index contributed by atoms with van der Waals surface area (Å²) in [7, 11) is 3.92. The van der Waals surface area contributed by atoms with Crippen LogP contribution in [0, 0.1) is 5.92 Å². The fraction of sp³-hybridized carbons (Fsp3) is 0.625. The van der Waals surface area contributed by atoms with Crippen LogP contribution < -0.4 is 10.2 Å². The SMILES string of the molecule is CN(C)c1ccc(CNC2CCCCC2C(F)(F)F)cc1. The Morgan fingerprint density at radius 2 is 1.71 bits per heavy atom. The molecule has 21 heavy (non-hydrogen) atoms. The fourth-order valence-electron chi connectivity index (χ4n) is 2.93. The number of hydrogen-bond acceptors (Lipinski definition) is 2. The molecule has 1 saturated carbocycles. The summed E-state index contributed by atoms with van der Waals surface area (Å²) in [6.45, 7) is 0.491. The lowest BCUT2D eigenvalue weighted by Crippen LogP contribution is -2.45. The highest BCUT2D eigenvalue weighted by molar-refractivity contribution is 5.45. The van der Waals surface area contributed by atoms with E-state index in [0.29, 0.717) is 19.4 Å². The number of nitrogens with one attached hydrogen (secondary N) is 1. The van der Waals surface area contributed by atoms with Gasteiger partial charge < -0.3 is 10.2 Å². The average Bonchev–Trinajstić information content (AvgIpc) is 2.45. The molecule has 118 valence electrons. The van der Waals surface area contributed by atoms with Crippen molar-refractivity contribution >= 4 is 5.69 Å². The lowest BCUT2D eigenvalue weighted by molar-refractivity contribution is -0.189. The first kappa shape index (κ1) is 16.1. The van der Waals surface area contributed by atoms with E-state index in [2.05, 4.69) is 5.32 Å². The van der Waals surface area contributed by atoms with E-state index in [1.165, 1.54) is 0 Å². The fourth-order valence-corrected chi connectivity index (χ4v) is 2.93. The zero-order valence-electron chi connectivity index (χ0n) is 12.6. The normalized spacial score (nSPS) is 23.1. The van der Waals surface area contributed by atoms with Crippen molar-refractivity contribution in [2.24, 2.45) is 5.92 Å². The lowest BCUT2D eigenvalue weighted by Gasteiger charge is -2.33. The smallest absolute Gasteiger partial charge is 0.378 e. The average molecular weight is 300 g/mol. The third kappa shape index (κ3) is 4.37. The van der Waals surface area contributed by atoms with E-state index in [1.54, 1.807) is 0 Å². The molecule has 2 atom stereocenters. The number of anilines is 1. The Morgan fingerprint density at radius 3 is 2.29 bits per heavy atom. The molecule has 0 aromatic heterocycles. The summed E-state index contributed by atoms with van der Waals surface area (Å²) in [6.07, 6.45) is -1.67. The van der Waals surface area contributed by atoms with Crippen molar-refractivity contribution < 1.29 is 13.2 Å². The van der Waals surface area contributed by atoms with Gasteiger partial charge in [0.1, 0.15) is 0 Å². The summed E-state index contributed by atoms with van der Waals surface area (Å²) < 4.78 is 39.0. The van der Waals surface area contributed by atoms with Crippen molar-refractivity contribution in [2.45, 2.75) is 44.4 Å². The van der Waals surface area contributed by atoms with E-state index in [9.17, 15) is 13.2 Å². The summed E-state index contributed by atoms with van der Waals surface area (Å²) in [5.41, 5.74) is 2.11. The van der Waals surface area contributed by atoms with Gasteiger partial charge in [0, 0.05) is 32.4 Å². The van der Waals surface area contributed by atoms with Crippen LogP contribution in [0.2, 0.25) is 0 Å². The van der Waals surface area contributed by atoms with Gasteiger partial charge in [-0.25, -0.2) is 0 Å². The van der Waals surface area contributed by atoms with Crippen LogP contribution in [-0.2, 0) is 6.54 Å². The molecular weight excluding hydrogens is 277 g/mol. The van der Waals surface area contributed by atoms with Crippen molar-refractivity contribution in [1.29, 1.82) is 0 Å². The van der Waals surface area contributed by atoms with Crippen LogP contribution in [0.1, 0.15) is 31.2 Å². The number of nitrogens with zero attached hydrogens (tertiary/aromatic N) is 1. The first-order valence-corrected chi connectivity index (χ1v) is 7.44. The van der Waals surface area contributed by atoms with Gasteiger partial charge in [0.25, 0.3) is 0 Å². The maximum absolute atomic E-state index is 13.0. The summed E-state index contributed by atoms with van der Waals surface area (Å²) in [5.74, 6) is -1.20. The number of halogens is 3. The monoisotopic (exact) mass is 300 g/mol. The van der Waals surface area contributed by atoms with Gasteiger partial charge in [0.15, 0.2) is 0 Å². The van der Waals surface area contributed by atoms with Gasteiger partial charge in [0.05, 0.1) is 5.92 Å². The molecule has 0 bridgehead atoms. The predicted octanol–water partition coefficient (Wildman–Crippen LogP) is 3.96. The van der Waals surface area contributed by atoms with E-state index in [1.807, 2.05) is 43.3 Å². The van der Waals surface area contributed by atoms with Crippen LogP contribution in [0.25, 0.3) is 0 Å². The largest absolute Gasteiger partial charge is 0.393 e. The topological polar surface area (TPSA) is 15.3 Å². The Kier molecular flexibility index (Phi) is 5.14. The van der Waals surface area contributed by atoms with Crippen LogP contribution in [0.5, 0.6) is 0 Å². The molecule has 1 aliphatic rings. The number of alkyl halides is 3. The van der Waals surface area contributed by atoms with Crippen LogP contribution in [0.4, 0.5) is 18.9 Å². The summed E-state index contributed by atoms with van der Waals surface area (Å²) in [4.78, 5) is 2.00. The second-order valence-electron chi connectivity index (χ2n) is 5.98. The van der Waals surface area contributed by atoms with Gasteiger partial charge in [-0.05, 0) is 30.5 Å². The van der Waals surface area contributed by atoms with E-state index in [4.69, 9.17) is 0 Å². The van der Waals surface area contributed by atoms with E-state index in [0.717, 1.165) is 17.7 Å². The number of rotatable bonds is 4. The van der Waals surface area contributed by atoms with Crippen LogP contribution in [-0.4, -0.2) is 26.3 Å². The molecule has 0 saturated heterocycles. The molecule has 1 N–H and O–H groups in total. The van der Waals surface area contributed by atoms with Crippen LogP contribution in [0.15, 0.2) is 24.3 Å². The van der Waals surface area contributed by atoms with Gasteiger partial charge >= 0.3 is 6.18 Å². The molecule has 0 heterocycles. The predicted molar refractivity (Wildman–Crippen MR) is 79.4 cm³/mol. The Labute approximate surface area is 124 Å². The standard InChI is InChI=1S/C16H23F3N2/c1-21(2)13-9-7-12(8-10-13)11-20-15-6-4-3-5-14(15)16(17,18)19/h7-10,14-15,20H,3-6,11H2,1-2H3. The van der Waals surface area contributed by atoms with E-state index >= 15 is 0 Å². The quantitative estimate of drug-likeness (QED) is 0.905. The molecule has 1 aromatic rings. The molecule has 2 nitrogen and oxygen atoms in total. The number of hydrogen-bond donors (Lipinski definition) is 1. The van der Waals surface area contributed by atoms with Gasteiger partial charge in [-0.15, -0.1) is 0 Å². The molecule has 0 radical (unpaired) electrons. The van der Waals surface area contributed by atoms with Crippen molar-refractivity contribution in [1.82, 2.24) is 5.32 Å². The molecule has 2 rings (SSSR count). The highest BCUT2D eigenvalue weighted by Gasteiger charge is 2.45. The summed E-state index contributed by atoms with van der Waals surface area (Å²) >= 11 is 0. The summed E-state index contributed by atoms with van der Waals surface area (Å²) in [6, 6.07) is 7.45. The minimum atomic E-state index is -4.09. The third-order valence-electron chi connectivity index (χ3n) is 4.21. The molecule has 1 aromatic carbocycles. The number of benzene rings is 1. The molecular formula is C16H23F3N2. The van der Waals surface area contributed by atoms with E-state index < -0.39 is 18.1 Å². The molecule has 0 aliphatic heterocycles. The van der Waals surface area contributed by atoms with Crippen molar-refractivity contribution in [3.8, 4) is 0 Å². The highest BCUT2D eigenvalue weighted by Crippen LogP contribution is 2.37. The molecule has 0 amide bonds. The van der Waals surface area contributed by atoms with Crippen molar-refractivity contribution in [2.75, 3.05) is 19.0 Å². The van der Waals surface area contributed by atoms with Gasteiger partial charge in [-0.3, -0.25) is 0 Å². The first-order valence-electron chi connectivity index (χ1n) is 7.44. The Hall–Kier alpha value is -1.23. The Bertz CT molecular complexity index is 440. The zero-order valence-corrected chi connectivity index (χ0v) is 12.6. The Balaban J connectivity index is 1.94. The first-order chi connectivity index (χ1) is 9.88. The lowest BCUT2D eigenvalue weighted by atomic mass is 9.84. The zero-order chi connectivity index (χ0) is 15.5. The molecule has 0 spiro atoms. The van der Waals surface area contributed by atoms with Crippen LogP contribution in [0.3, 0.4) is 0 Å². The highest BCUT2D eigenvalue weighted by atomic mass is 19.4. The maximum atomic E-state index is 13.0. The van der Waals surface area contributed by atoms with Gasteiger partial charge in [-0.1, -0.05) is 25.0 Å². The molecule has 5 heteroatoms. The molecule has 2 unspecified atom stereocenters. The second kappa shape index (κ2) is 6.69. The second-order valence-corrected chi connectivity index (χ2v) is 5.98. The minimum Gasteiger partial charge on any atom is -0.378 e. The molecule has 1 fully saturated rings.